The summed E-state index contributed by atoms with van der Waals surface area (Å²) in [4.78, 5) is 19.9. The smallest absolute Gasteiger partial charge is 0.274 e. The number of nitrogen functional groups attached to an aromatic ring is 1. The van der Waals surface area contributed by atoms with Gasteiger partial charge in [0.2, 0.25) is 11.8 Å². The zero-order valence-corrected chi connectivity index (χ0v) is 14.3. The van der Waals surface area contributed by atoms with E-state index in [9.17, 15) is 9.90 Å². The molecule has 1 atom stereocenters. The fourth-order valence-corrected chi connectivity index (χ4v) is 2.46. The van der Waals surface area contributed by atoms with E-state index in [0.717, 1.165) is 4.57 Å². The van der Waals surface area contributed by atoms with Crippen LogP contribution in [0.15, 0.2) is 39.8 Å². The maximum atomic E-state index is 12.0. The fourth-order valence-electron chi connectivity index (χ4n) is 2.18. The minimum Gasteiger partial charge on any atom is -0.388 e. The summed E-state index contributed by atoms with van der Waals surface area (Å²) in [5, 5.41) is 14.5. The third-order valence-electron chi connectivity index (χ3n) is 3.47. The van der Waals surface area contributed by atoms with Crippen molar-refractivity contribution in [2.75, 3.05) is 5.73 Å². The molecule has 0 aliphatic rings. The Bertz CT molecular complexity index is 939. The van der Waals surface area contributed by atoms with Gasteiger partial charge in [-0.2, -0.15) is 4.98 Å². The summed E-state index contributed by atoms with van der Waals surface area (Å²) < 4.78 is 6.22. The lowest BCUT2D eigenvalue weighted by Gasteiger charge is -2.08. The normalized spacial score (nSPS) is 12.3. The van der Waals surface area contributed by atoms with Crippen LogP contribution in [0.3, 0.4) is 0 Å². The molecule has 1 aromatic carbocycles. The van der Waals surface area contributed by atoms with Gasteiger partial charge in [-0.25, -0.2) is 4.98 Å². The first kappa shape index (κ1) is 17.4. The highest BCUT2D eigenvalue weighted by atomic mass is 35.5. The monoisotopic (exact) mass is 381 g/mol. The summed E-state index contributed by atoms with van der Waals surface area (Å²) in [7, 11) is 0. The van der Waals surface area contributed by atoms with Gasteiger partial charge in [0, 0.05) is 11.4 Å². The van der Waals surface area contributed by atoms with Crippen LogP contribution < -0.4 is 11.3 Å². The molecule has 25 heavy (non-hydrogen) atoms. The van der Waals surface area contributed by atoms with Crippen molar-refractivity contribution >= 4 is 29.2 Å². The summed E-state index contributed by atoms with van der Waals surface area (Å²) in [5.74, 6) is 0.422. The Hall–Kier alpha value is -2.42. The molecule has 2 aromatic heterocycles. The zero-order chi connectivity index (χ0) is 18.0. The second-order valence-electron chi connectivity index (χ2n) is 5.23. The van der Waals surface area contributed by atoms with Crippen LogP contribution in [0.5, 0.6) is 0 Å². The third kappa shape index (κ3) is 3.98. The number of hydrogen-bond donors (Lipinski definition) is 2. The molecule has 0 aliphatic carbocycles. The third-order valence-corrected chi connectivity index (χ3v) is 3.98. The van der Waals surface area contributed by atoms with E-state index in [0.29, 0.717) is 16.4 Å². The van der Waals surface area contributed by atoms with Crippen molar-refractivity contribution in [1.82, 2.24) is 19.7 Å². The van der Waals surface area contributed by atoms with E-state index in [1.54, 1.807) is 24.3 Å². The van der Waals surface area contributed by atoms with Crippen molar-refractivity contribution in [3.05, 3.63) is 68.1 Å². The number of nitrogens with two attached hydrogens (primary N) is 1. The summed E-state index contributed by atoms with van der Waals surface area (Å²) in [6, 6.07) is 6.80. The largest absolute Gasteiger partial charge is 0.388 e. The topological polar surface area (TPSA) is 120 Å². The average Bonchev–Trinajstić information content (AvgIpc) is 3.03. The van der Waals surface area contributed by atoms with Gasteiger partial charge >= 0.3 is 0 Å². The highest BCUT2D eigenvalue weighted by molar-refractivity contribution is 6.30. The van der Waals surface area contributed by atoms with E-state index < -0.39 is 11.7 Å². The van der Waals surface area contributed by atoms with Crippen LogP contribution >= 0.6 is 23.2 Å². The van der Waals surface area contributed by atoms with E-state index in [1.165, 1.54) is 6.20 Å². The first-order chi connectivity index (χ1) is 11.9. The number of aliphatic hydroxyl groups excluding tert-OH is 1. The lowest BCUT2D eigenvalue weighted by molar-refractivity contribution is 0.174. The van der Waals surface area contributed by atoms with E-state index in [1.807, 2.05) is 0 Å². The maximum absolute atomic E-state index is 12.0. The summed E-state index contributed by atoms with van der Waals surface area (Å²) in [5.41, 5.74) is 5.84. The predicted octanol–water partition coefficient (Wildman–Crippen LogP) is 1.84. The Labute approximate surface area is 151 Å². The van der Waals surface area contributed by atoms with E-state index in [-0.39, 0.29) is 29.8 Å². The van der Waals surface area contributed by atoms with Gasteiger partial charge in [0.1, 0.15) is 11.6 Å². The van der Waals surface area contributed by atoms with Gasteiger partial charge in [-0.15, -0.1) is 0 Å². The van der Waals surface area contributed by atoms with Gasteiger partial charge in [-0.05, 0) is 17.7 Å². The molecule has 0 saturated carbocycles. The van der Waals surface area contributed by atoms with Gasteiger partial charge in [-0.3, -0.25) is 9.36 Å². The Morgan fingerprint density at radius 1 is 1.28 bits per heavy atom. The molecule has 130 valence electrons. The lowest BCUT2D eigenvalue weighted by Crippen LogP contribution is -2.25. The van der Waals surface area contributed by atoms with Crippen molar-refractivity contribution in [1.29, 1.82) is 0 Å². The van der Waals surface area contributed by atoms with Crippen LogP contribution in [-0.2, 0) is 13.0 Å². The molecule has 0 saturated heterocycles. The van der Waals surface area contributed by atoms with Crippen molar-refractivity contribution < 1.29 is 9.63 Å². The van der Waals surface area contributed by atoms with Gasteiger partial charge in [-0.1, -0.05) is 40.5 Å². The molecule has 2 heterocycles. The Morgan fingerprint density at radius 3 is 2.72 bits per heavy atom. The predicted molar refractivity (Wildman–Crippen MR) is 91.4 cm³/mol. The maximum Gasteiger partial charge on any atom is 0.274 e. The molecular formula is C15H13Cl2N5O3. The van der Waals surface area contributed by atoms with Crippen molar-refractivity contribution in [3.63, 3.8) is 0 Å². The summed E-state index contributed by atoms with van der Waals surface area (Å²) in [6.07, 6.45) is 0.504. The fraction of sp³-hybridized carbons (Fsp3) is 0.200. The second-order valence-corrected chi connectivity index (χ2v) is 6.08. The van der Waals surface area contributed by atoms with Gasteiger partial charge < -0.3 is 15.4 Å². The van der Waals surface area contributed by atoms with Crippen LogP contribution in [0.1, 0.15) is 23.4 Å². The molecule has 0 spiro atoms. The van der Waals surface area contributed by atoms with Crippen LogP contribution in [0, 0.1) is 0 Å². The van der Waals surface area contributed by atoms with Crippen molar-refractivity contribution in [2.24, 2.45) is 0 Å². The van der Waals surface area contributed by atoms with Crippen LogP contribution in [0.25, 0.3) is 0 Å². The SMILES string of the molecule is Nc1ncc(Cl)c(=O)n1Cc1nc(C[C@H](O)c2ccc(Cl)cc2)no1. The molecule has 10 heteroatoms. The molecule has 0 unspecified atom stereocenters. The number of hydrogen-bond acceptors (Lipinski definition) is 7. The number of benzene rings is 1. The molecule has 0 bridgehead atoms. The number of aliphatic hydroxyl groups is 1. The Balaban J connectivity index is 1.74. The number of nitrogens with zero attached hydrogens (tertiary/aromatic N) is 4. The van der Waals surface area contributed by atoms with Crippen LogP contribution in [0.4, 0.5) is 5.95 Å². The van der Waals surface area contributed by atoms with Crippen LogP contribution in [0.2, 0.25) is 10.0 Å². The van der Waals surface area contributed by atoms with E-state index in [2.05, 4.69) is 15.1 Å². The molecule has 0 aliphatic heterocycles. The molecule has 3 N–H and O–H groups in total. The minimum atomic E-state index is -0.816. The first-order valence-electron chi connectivity index (χ1n) is 7.20. The highest BCUT2D eigenvalue weighted by Crippen LogP contribution is 2.19. The Morgan fingerprint density at radius 2 is 2.00 bits per heavy atom. The number of halogens is 2. The lowest BCUT2D eigenvalue weighted by atomic mass is 10.1. The standard InChI is InChI=1S/C15H13Cl2N5O3/c16-9-3-1-8(2-4-9)11(23)5-12-20-13(25-21-12)7-22-14(24)10(17)6-19-15(22)18/h1-4,6,11,23H,5,7H2,(H2,18,19)/t11-/m0/s1. The minimum absolute atomic E-state index is 0.0182. The van der Waals surface area contributed by atoms with Gasteiger partial charge in [0.15, 0.2) is 5.82 Å². The number of rotatable bonds is 5. The molecule has 3 aromatic rings. The zero-order valence-electron chi connectivity index (χ0n) is 12.8. The number of aromatic nitrogens is 4. The van der Waals surface area contributed by atoms with Crippen molar-refractivity contribution in [2.45, 2.75) is 19.1 Å². The second kappa shape index (κ2) is 7.22. The van der Waals surface area contributed by atoms with Crippen molar-refractivity contribution in [3.8, 4) is 0 Å². The van der Waals surface area contributed by atoms with E-state index >= 15 is 0 Å². The molecule has 8 nitrogen and oxygen atoms in total. The molecule has 0 radical (unpaired) electrons. The highest BCUT2D eigenvalue weighted by Gasteiger charge is 2.16. The van der Waals surface area contributed by atoms with Gasteiger partial charge in [0.25, 0.3) is 5.56 Å². The Kier molecular flexibility index (Phi) is 5.03. The molecule has 0 fully saturated rings. The average molecular weight is 382 g/mol. The molecule has 3 rings (SSSR count). The quantitative estimate of drug-likeness (QED) is 0.691. The van der Waals surface area contributed by atoms with E-state index in [4.69, 9.17) is 33.5 Å². The molecular weight excluding hydrogens is 369 g/mol. The van der Waals surface area contributed by atoms with Crippen LogP contribution in [-0.4, -0.2) is 24.8 Å². The first-order valence-corrected chi connectivity index (χ1v) is 7.95. The van der Waals surface area contributed by atoms with Gasteiger partial charge in [0.05, 0.1) is 12.3 Å². The number of anilines is 1. The molecule has 0 amide bonds. The summed E-state index contributed by atoms with van der Waals surface area (Å²) in [6.45, 7) is -0.0672. The summed E-state index contributed by atoms with van der Waals surface area (Å²) >= 11 is 11.6.